The standard InChI is InChI=1S/C10H13IN2O/c11-9-6-12-10(13-7-9)14-5-4-8-2-1-3-8/h6-8H,1-5H2. The van der Waals surface area contributed by atoms with Gasteiger partial charge in [-0.1, -0.05) is 19.3 Å². The summed E-state index contributed by atoms with van der Waals surface area (Å²) in [6, 6.07) is 0.504. The summed E-state index contributed by atoms with van der Waals surface area (Å²) in [5, 5.41) is 0. The minimum absolute atomic E-state index is 0.504. The van der Waals surface area contributed by atoms with E-state index in [1.54, 1.807) is 12.4 Å². The zero-order chi connectivity index (χ0) is 9.80. The number of rotatable bonds is 4. The van der Waals surface area contributed by atoms with Crippen molar-refractivity contribution >= 4 is 22.6 Å². The number of aromatic nitrogens is 2. The second-order valence-corrected chi connectivity index (χ2v) is 4.86. The van der Waals surface area contributed by atoms with Crippen LogP contribution in [0.25, 0.3) is 0 Å². The average Bonchev–Trinajstić information content (AvgIpc) is 2.12. The molecule has 0 amide bonds. The first-order chi connectivity index (χ1) is 6.84. The van der Waals surface area contributed by atoms with Gasteiger partial charge >= 0.3 is 6.01 Å². The van der Waals surface area contributed by atoms with Crippen LogP contribution in [0.1, 0.15) is 25.7 Å². The lowest BCUT2D eigenvalue weighted by atomic mass is 9.83. The van der Waals surface area contributed by atoms with E-state index in [2.05, 4.69) is 32.6 Å². The van der Waals surface area contributed by atoms with Gasteiger partial charge in [0.2, 0.25) is 0 Å². The third-order valence-corrected chi connectivity index (χ3v) is 3.14. The molecular formula is C10H13IN2O. The first kappa shape index (κ1) is 10.1. The van der Waals surface area contributed by atoms with Gasteiger partial charge in [-0.2, -0.15) is 0 Å². The Kier molecular flexibility index (Phi) is 3.55. The number of halogens is 1. The van der Waals surface area contributed by atoms with Crippen molar-refractivity contribution in [3.8, 4) is 6.01 Å². The smallest absolute Gasteiger partial charge is 0.316 e. The molecule has 1 fully saturated rings. The van der Waals surface area contributed by atoms with Crippen molar-refractivity contribution in [2.75, 3.05) is 6.61 Å². The molecule has 0 aliphatic heterocycles. The first-order valence-corrected chi connectivity index (χ1v) is 6.03. The van der Waals surface area contributed by atoms with Gasteiger partial charge in [0, 0.05) is 16.0 Å². The SMILES string of the molecule is Ic1cnc(OCCC2CCC2)nc1. The predicted octanol–water partition coefficient (Wildman–Crippen LogP) is 2.65. The van der Waals surface area contributed by atoms with Crippen molar-refractivity contribution in [2.24, 2.45) is 5.92 Å². The average molecular weight is 304 g/mol. The summed E-state index contributed by atoms with van der Waals surface area (Å²) in [5.74, 6) is 0.888. The zero-order valence-electron chi connectivity index (χ0n) is 7.95. The summed E-state index contributed by atoms with van der Waals surface area (Å²) < 4.78 is 6.48. The summed E-state index contributed by atoms with van der Waals surface area (Å²) in [5.41, 5.74) is 0. The van der Waals surface area contributed by atoms with Gasteiger partial charge in [-0.05, 0) is 34.9 Å². The minimum Gasteiger partial charge on any atom is -0.463 e. The van der Waals surface area contributed by atoms with E-state index in [1.807, 2.05) is 0 Å². The van der Waals surface area contributed by atoms with Crippen LogP contribution in [0.2, 0.25) is 0 Å². The maximum atomic E-state index is 5.44. The van der Waals surface area contributed by atoms with Crippen molar-refractivity contribution in [3.63, 3.8) is 0 Å². The Balaban J connectivity index is 1.71. The van der Waals surface area contributed by atoms with Crippen LogP contribution in [-0.4, -0.2) is 16.6 Å². The fourth-order valence-corrected chi connectivity index (χ4v) is 1.75. The molecule has 0 N–H and O–H groups in total. The van der Waals surface area contributed by atoms with Crippen molar-refractivity contribution in [3.05, 3.63) is 16.0 Å². The largest absolute Gasteiger partial charge is 0.463 e. The highest BCUT2D eigenvalue weighted by Crippen LogP contribution is 2.29. The monoisotopic (exact) mass is 304 g/mol. The number of hydrogen-bond donors (Lipinski definition) is 0. The number of ether oxygens (including phenoxy) is 1. The highest BCUT2D eigenvalue weighted by molar-refractivity contribution is 14.1. The van der Waals surface area contributed by atoms with E-state index in [9.17, 15) is 0 Å². The van der Waals surface area contributed by atoms with Gasteiger partial charge in [-0.25, -0.2) is 9.97 Å². The van der Waals surface area contributed by atoms with Gasteiger partial charge in [-0.3, -0.25) is 0 Å². The van der Waals surface area contributed by atoms with E-state index in [4.69, 9.17) is 4.74 Å². The topological polar surface area (TPSA) is 35.0 Å². The van der Waals surface area contributed by atoms with E-state index in [-0.39, 0.29) is 0 Å². The lowest BCUT2D eigenvalue weighted by Gasteiger charge is -2.24. The molecule has 4 heteroatoms. The van der Waals surface area contributed by atoms with E-state index in [0.717, 1.165) is 22.5 Å². The molecule has 3 nitrogen and oxygen atoms in total. The van der Waals surface area contributed by atoms with Crippen LogP contribution in [0.5, 0.6) is 6.01 Å². The van der Waals surface area contributed by atoms with E-state index in [0.29, 0.717) is 6.01 Å². The molecule has 1 aliphatic carbocycles. The van der Waals surface area contributed by atoms with Crippen molar-refractivity contribution in [1.82, 2.24) is 9.97 Å². The number of nitrogens with zero attached hydrogens (tertiary/aromatic N) is 2. The fraction of sp³-hybridized carbons (Fsp3) is 0.600. The van der Waals surface area contributed by atoms with Crippen LogP contribution in [0, 0.1) is 9.49 Å². The highest BCUT2D eigenvalue weighted by atomic mass is 127. The Morgan fingerprint density at radius 1 is 1.36 bits per heavy atom. The second-order valence-electron chi connectivity index (χ2n) is 3.62. The van der Waals surface area contributed by atoms with Gasteiger partial charge in [0.15, 0.2) is 0 Å². The molecule has 1 saturated carbocycles. The molecule has 0 aromatic carbocycles. The van der Waals surface area contributed by atoms with Gasteiger partial charge in [0.05, 0.1) is 6.61 Å². The summed E-state index contributed by atoms with van der Waals surface area (Å²) in [6.07, 6.45) is 8.83. The lowest BCUT2D eigenvalue weighted by molar-refractivity contribution is 0.212. The van der Waals surface area contributed by atoms with Crippen LogP contribution >= 0.6 is 22.6 Å². The maximum Gasteiger partial charge on any atom is 0.316 e. The third kappa shape index (κ3) is 2.80. The molecule has 0 bridgehead atoms. The molecule has 76 valence electrons. The molecule has 1 aromatic heterocycles. The van der Waals surface area contributed by atoms with Gasteiger partial charge in [0.25, 0.3) is 0 Å². The molecule has 0 spiro atoms. The van der Waals surface area contributed by atoms with Crippen LogP contribution in [0.4, 0.5) is 0 Å². The minimum atomic E-state index is 0.504. The maximum absolute atomic E-state index is 5.44. The molecule has 0 atom stereocenters. The molecule has 0 radical (unpaired) electrons. The van der Waals surface area contributed by atoms with Crippen molar-refractivity contribution in [1.29, 1.82) is 0 Å². The van der Waals surface area contributed by atoms with Gasteiger partial charge < -0.3 is 4.74 Å². The quantitative estimate of drug-likeness (QED) is 0.802. The Morgan fingerprint density at radius 3 is 2.64 bits per heavy atom. The van der Waals surface area contributed by atoms with E-state index >= 15 is 0 Å². The first-order valence-electron chi connectivity index (χ1n) is 4.95. The van der Waals surface area contributed by atoms with Crippen LogP contribution < -0.4 is 4.74 Å². The van der Waals surface area contributed by atoms with Crippen LogP contribution in [0.3, 0.4) is 0 Å². The van der Waals surface area contributed by atoms with Crippen molar-refractivity contribution in [2.45, 2.75) is 25.7 Å². The Hall–Kier alpha value is -0.390. The molecule has 0 unspecified atom stereocenters. The molecule has 14 heavy (non-hydrogen) atoms. The summed E-state index contributed by atoms with van der Waals surface area (Å²) >= 11 is 2.18. The molecule has 1 aliphatic rings. The van der Waals surface area contributed by atoms with Gasteiger partial charge in [-0.15, -0.1) is 0 Å². The molecule has 2 rings (SSSR count). The van der Waals surface area contributed by atoms with E-state index < -0.39 is 0 Å². The van der Waals surface area contributed by atoms with Crippen molar-refractivity contribution < 1.29 is 4.74 Å². The second kappa shape index (κ2) is 4.91. The molecule has 0 saturated heterocycles. The van der Waals surface area contributed by atoms with E-state index in [1.165, 1.54) is 19.3 Å². The summed E-state index contributed by atoms with van der Waals surface area (Å²) in [7, 11) is 0. The Morgan fingerprint density at radius 2 is 2.07 bits per heavy atom. The molecular weight excluding hydrogens is 291 g/mol. The highest BCUT2D eigenvalue weighted by Gasteiger charge is 2.16. The third-order valence-electron chi connectivity index (χ3n) is 2.58. The van der Waals surface area contributed by atoms with Crippen LogP contribution in [0.15, 0.2) is 12.4 Å². The Bertz CT molecular complexity index is 285. The summed E-state index contributed by atoms with van der Waals surface area (Å²) in [4.78, 5) is 8.16. The van der Waals surface area contributed by atoms with Crippen LogP contribution in [-0.2, 0) is 0 Å². The summed E-state index contributed by atoms with van der Waals surface area (Å²) in [6.45, 7) is 0.755. The fourth-order valence-electron chi connectivity index (χ4n) is 1.47. The predicted molar refractivity (Wildman–Crippen MR) is 62.2 cm³/mol. The van der Waals surface area contributed by atoms with Gasteiger partial charge in [0.1, 0.15) is 0 Å². The zero-order valence-corrected chi connectivity index (χ0v) is 10.1. The lowest BCUT2D eigenvalue weighted by Crippen LogP contribution is -2.15. The Labute approximate surface area is 97.4 Å². The molecule has 1 heterocycles. The normalized spacial score (nSPS) is 16.4. The molecule has 1 aromatic rings. The number of hydrogen-bond acceptors (Lipinski definition) is 3.